The summed E-state index contributed by atoms with van der Waals surface area (Å²) in [5, 5.41) is 11.3. The molecule has 29 heavy (non-hydrogen) atoms. The van der Waals surface area contributed by atoms with Gasteiger partial charge in [-0.3, -0.25) is 4.99 Å². The largest absolute Gasteiger partial charge is 0.378 e. The molecule has 0 unspecified atom stereocenters. The highest BCUT2D eigenvalue weighted by atomic mass is 35.5. The van der Waals surface area contributed by atoms with E-state index in [1.165, 1.54) is 32.1 Å². The van der Waals surface area contributed by atoms with Crippen molar-refractivity contribution in [2.75, 3.05) is 26.7 Å². The van der Waals surface area contributed by atoms with E-state index in [2.05, 4.69) is 25.8 Å². The molecular formula is C21H30ClN5O2. The number of halogens is 1. The molecule has 1 aliphatic carbocycles. The molecule has 0 saturated heterocycles. The number of hydrogen-bond acceptors (Lipinski definition) is 5. The number of rotatable bonds is 9. The second-order valence-corrected chi connectivity index (χ2v) is 7.62. The summed E-state index contributed by atoms with van der Waals surface area (Å²) in [7, 11) is 1.76. The lowest BCUT2D eigenvalue weighted by atomic mass is 9.98. The maximum absolute atomic E-state index is 5.95. The Bertz CT molecular complexity index is 757. The molecule has 0 spiro atoms. The molecule has 1 heterocycles. The molecule has 1 aliphatic rings. The lowest BCUT2D eigenvalue weighted by Gasteiger charge is -2.22. The number of guanidine groups is 1. The van der Waals surface area contributed by atoms with Crippen molar-refractivity contribution in [2.45, 2.75) is 51.0 Å². The van der Waals surface area contributed by atoms with Crippen LogP contribution in [0.15, 0.2) is 33.8 Å². The van der Waals surface area contributed by atoms with Crippen LogP contribution in [0.3, 0.4) is 0 Å². The van der Waals surface area contributed by atoms with Crippen molar-refractivity contribution in [3.8, 4) is 11.4 Å². The van der Waals surface area contributed by atoms with Crippen molar-refractivity contribution in [3.05, 3.63) is 35.2 Å². The normalized spacial score (nSPS) is 15.4. The van der Waals surface area contributed by atoms with Gasteiger partial charge in [-0.05, 0) is 43.5 Å². The monoisotopic (exact) mass is 419 g/mol. The van der Waals surface area contributed by atoms with Gasteiger partial charge in [-0.2, -0.15) is 4.98 Å². The van der Waals surface area contributed by atoms with Gasteiger partial charge in [0.1, 0.15) is 0 Å². The van der Waals surface area contributed by atoms with E-state index in [1.807, 2.05) is 24.3 Å². The van der Waals surface area contributed by atoms with Gasteiger partial charge < -0.3 is 19.9 Å². The van der Waals surface area contributed by atoms with Crippen LogP contribution in [0.2, 0.25) is 5.02 Å². The molecule has 2 aromatic rings. The summed E-state index contributed by atoms with van der Waals surface area (Å²) < 4.78 is 11.3. The zero-order chi connectivity index (χ0) is 20.3. The van der Waals surface area contributed by atoms with Gasteiger partial charge in [0.25, 0.3) is 0 Å². The Hall–Kier alpha value is -2.12. The van der Waals surface area contributed by atoms with Gasteiger partial charge in [0, 0.05) is 43.8 Å². The average molecular weight is 420 g/mol. The third-order valence-corrected chi connectivity index (χ3v) is 5.20. The first-order chi connectivity index (χ1) is 14.2. The molecule has 8 heteroatoms. The molecule has 3 rings (SSSR count). The first-order valence-corrected chi connectivity index (χ1v) is 10.8. The predicted octanol–water partition coefficient (Wildman–Crippen LogP) is 3.84. The molecule has 0 aliphatic heterocycles. The first-order valence-electron chi connectivity index (χ1n) is 10.4. The third-order valence-electron chi connectivity index (χ3n) is 4.94. The summed E-state index contributed by atoms with van der Waals surface area (Å²) >= 11 is 5.91. The number of nitrogens with zero attached hydrogens (tertiary/aromatic N) is 3. The third kappa shape index (κ3) is 7.33. The van der Waals surface area contributed by atoms with Crippen LogP contribution in [0, 0.1) is 0 Å². The minimum Gasteiger partial charge on any atom is -0.378 e. The van der Waals surface area contributed by atoms with Gasteiger partial charge in [-0.25, -0.2) is 0 Å². The van der Waals surface area contributed by atoms with Gasteiger partial charge in [0.05, 0.1) is 6.10 Å². The van der Waals surface area contributed by atoms with Crippen molar-refractivity contribution in [3.63, 3.8) is 0 Å². The summed E-state index contributed by atoms with van der Waals surface area (Å²) in [5.41, 5.74) is 0.880. The van der Waals surface area contributed by atoms with E-state index in [0.29, 0.717) is 35.8 Å². The Balaban J connectivity index is 1.31. The molecule has 158 valence electrons. The fraction of sp³-hybridized carbons (Fsp3) is 0.571. The molecule has 0 amide bonds. The SMILES string of the molecule is CN=C(NCCCOC1CCCCC1)NCCc1nc(-c2ccc(Cl)cc2)no1. The van der Waals surface area contributed by atoms with E-state index < -0.39 is 0 Å². The molecular weight excluding hydrogens is 390 g/mol. The van der Waals surface area contributed by atoms with Crippen LogP contribution in [0.4, 0.5) is 0 Å². The lowest BCUT2D eigenvalue weighted by molar-refractivity contribution is 0.0277. The molecule has 1 aromatic carbocycles. The molecule has 2 N–H and O–H groups in total. The maximum Gasteiger partial charge on any atom is 0.228 e. The van der Waals surface area contributed by atoms with Crippen LogP contribution >= 0.6 is 11.6 Å². The van der Waals surface area contributed by atoms with Crippen LogP contribution in [-0.2, 0) is 11.2 Å². The van der Waals surface area contributed by atoms with E-state index in [0.717, 1.165) is 31.1 Å². The highest BCUT2D eigenvalue weighted by molar-refractivity contribution is 6.30. The summed E-state index contributed by atoms with van der Waals surface area (Å²) in [6, 6.07) is 7.37. The molecule has 1 fully saturated rings. The number of aromatic nitrogens is 2. The summed E-state index contributed by atoms with van der Waals surface area (Å²) in [6.07, 6.45) is 8.44. The van der Waals surface area contributed by atoms with Gasteiger partial charge in [0.2, 0.25) is 11.7 Å². The number of benzene rings is 1. The summed E-state index contributed by atoms with van der Waals surface area (Å²) in [6.45, 7) is 2.28. The van der Waals surface area contributed by atoms with Crippen LogP contribution in [0.5, 0.6) is 0 Å². The number of nitrogens with one attached hydrogen (secondary N) is 2. The quantitative estimate of drug-likeness (QED) is 0.365. The fourth-order valence-corrected chi connectivity index (χ4v) is 3.47. The van der Waals surface area contributed by atoms with Gasteiger partial charge >= 0.3 is 0 Å². The standard InChI is InChI=1S/C21H30ClN5O2/c1-23-21(24-13-5-15-28-18-6-3-2-4-7-18)25-14-12-19-26-20(27-29-19)16-8-10-17(22)11-9-16/h8-11,18H,2-7,12-15H2,1H3,(H2,23,24,25). The van der Waals surface area contributed by atoms with E-state index in [-0.39, 0.29) is 0 Å². The highest BCUT2D eigenvalue weighted by Gasteiger charge is 2.13. The van der Waals surface area contributed by atoms with Gasteiger partial charge in [0.15, 0.2) is 5.96 Å². The number of aliphatic imine (C=N–C) groups is 1. The minimum absolute atomic E-state index is 0.466. The van der Waals surface area contributed by atoms with Crippen molar-refractivity contribution < 1.29 is 9.26 Å². The summed E-state index contributed by atoms with van der Waals surface area (Å²) in [5.74, 6) is 1.91. The zero-order valence-corrected chi connectivity index (χ0v) is 17.7. The van der Waals surface area contributed by atoms with Crippen LogP contribution in [0.1, 0.15) is 44.4 Å². The second kappa shape index (κ2) is 11.8. The highest BCUT2D eigenvalue weighted by Crippen LogP contribution is 2.20. The average Bonchev–Trinajstić information content (AvgIpc) is 3.22. The topological polar surface area (TPSA) is 84.6 Å². The first kappa shape index (κ1) is 21.6. The molecule has 1 aromatic heterocycles. The van der Waals surface area contributed by atoms with Crippen molar-refractivity contribution in [1.29, 1.82) is 0 Å². The Kier molecular flexibility index (Phi) is 8.77. The second-order valence-electron chi connectivity index (χ2n) is 7.18. The zero-order valence-electron chi connectivity index (χ0n) is 17.0. The molecule has 0 atom stereocenters. The van der Waals surface area contributed by atoms with Crippen LogP contribution < -0.4 is 10.6 Å². The Labute approximate surface area is 177 Å². The molecule has 1 saturated carbocycles. The van der Waals surface area contributed by atoms with Crippen LogP contribution in [-0.4, -0.2) is 48.9 Å². The van der Waals surface area contributed by atoms with Gasteiger partial charge in [-0.1, -0.05) is 36.0 Å². The lowest BCUT2D eigenvalue weighted by Crippen LogP contribution is -2.39. The van der Waals surface area contributed by atoms with Crippen molar-refractivity contribution in [1.82, 2.24) is 20.8 Å². The number of hydrogen-bond donors (Lipinski definition) is 2. The minimum atomic E-state index is 0.466. The maximum atomic E-state index is 5.95. The Morgan fingerprint density at radius 1 is 1.17 bits per heavy atom. The van der Waals surface area contributed by atoms with E-state index in [1.54, 1.807) is 7.05 Å². The van der Waals surface area contributed by atoms with Gasteiger partial charge in [-0.15, -0.1) is 0 Å². The number of ether oxygens (including phenoxy) is 1. The predicted molar refractivity (Wildman–Crippen MR) is 115 cm³/mol. The summed E-state index contributed by atoms with van der Waals surface area (Å²) in [4.78, 5) is 8.67. The van der Waals surface area contributed by atoms with E-state index in [4.69, 9.17) is 20.9 Å². The Morgan fingerprint density at radius 3 is 2.69 bits per heavy atom. The molecule has 7 nitrogen and oxygen atoms in total. The van der Waals surface area contributed by atoms with E-state index in [9.17, 15) is 0 Å². The van der Waals surface area contributed by atoms with Crippen molar-refractivity contribution in [2.24, 2.45) is 4.99 Å². The fourth-order valence-electron chi connectivity index (χ4n) is 3.34. The molecule has 0 radical (unpaired) electrons. The van der Waals surface area contributed by atoms with E-state index >= 15 is 0 Å². The van der Waals surface area contributed by atoms with Crippen LogP contribution in [0.25, 0.3) is 11.4 Å². The Morgan fingerprint density at radius 2 is 1.93 bits per heavy atom. The molecule has 0 bridgehead atoms. The smallest absolute Gasteiger partial charge is 0.228 e. The van der Waals surface area contributed by atoms with Crippen molar-refractivity contribution >= 4 is 17.6 Å².